The lowest BCUT2D eigenvalue weighted by Gasteiger charge is -2.31. The van der Waals surface area contributed by atoms with E-state index in [-0.39, 0.29) is 11.6 Å². The highest BCUT2D eigenvalue weighted by molar-refractivity contribution is 9.10. The van der Waals surface area contributed by atoms with Crippen molar-refractivity contribution in [1.29, 1.82) is 0 Å². The second-order valence-corrected chi connectivity index (χ2v) is 8.01. The SMILES string of the molecule is CC(C)(C)OCC(C)(C)OC(=O)C(C)(C)Br. The van der Waals surface area contributed by atoms with Crippen LogP contribution in [0.1, 0.15) is 48.5 Å². The number of hydrogen-bond acceptors (Lipinski definition) is 3. The Hall–Kier alpha value is -0.0900. The monoisotopic (exact) mass is 294 g/mol. The van der Waals surface area contributed by atoms with E-state index < -0.39 is 9.93 Å². The molecule has 0 spiro atoms. The van der Waals surface area contributed by atoms with E-state index in [0.29, 0.717) is 6.61 Å². The quantitative estimate of drug-likeness (QED) is 0.589. The minimum atomic E-state index is -0.661. The molecule has 0 aliphatic rings. The van der Waals surface area contributed by atoms with Crippen LogP contribution in [-0.2, 0) is 14.3 Å². The first kappa shape index (κ1) is 15.9. The Morgan fingerprint density at radius 3 is 1.81 bits per heavy atom. The second kappa shape index (κ2) is 5.05. The smallest absolute Gasteiger partial charge is 0.322 e. The number of hydrogen-bond donors (Lipinski definition) is 0. The molecule has 96 valence electrons. The van der Waals surface area contributed by atoms with Gasteiger partial charge < -0.3 is 9.47 Å². The third kappa shape index (κ3) is 7.23. The molecule has 0 saturated heterocycles. The predicted octanol–water partition coefficient (Wildman–Crippen LogP) is 3.30. The zero-order valence-electron chi connectivity index (χ0n) is 11.3. The minimum absolute atomic E-state index is 0.229. The Balaban J connectivity index is 4.31. The molecule has 0 radical (unpaired) electrons. The van der Waals surface area contributed by atoms with Crippen LogP contribution in [0.5, 0.6) is 0 Å². The number of alkyl halides is 1. The van der Waals surface area contributed by atoms with Gasteiger partial charge in [0.05, 0.1) is 12.2 Å². The summed E-state index contributed by atoms with van der Waals surface area (Å²) in [6.07, 6.45) is 0. The molecular formula is C12H23BrO3. The lowest BCUT2D eigenvalue weighted by atomic mass is 10.1. The van der Waals surface area contributed by atoms with Crippen molar-refractivity contribution in [3.05, 3.63) is 0 Å². The first-order valence-corrected chi connectivity index (χ1v) is 6.19. The van der Waals surface area contributed by atoms with E-state index in [1.807, 2.05) is 34.6 Å². The number of carbonyl (C=O) groups excluding carboxylic acids is 1. The highest BCUT2D eigenvalue weighted by Crippen LogP contribution is 2.23. The maximum Gasteiger partial charge on any atom is 0.322 e. The first-order chi connectivity index (χ1) is 6.83. The van der Waals surface area contributed by atoms with Gasteiger partial charge in [0.2, 0.25) is 0 Å². The van der Waals surface area contributed by atoms with E-state index in [9.17, 15) is 4.79 Å². The van der Waals surface area contributed by atoms with Gasteiger partial charge in [0, 0.05) is 0 Å². The number of rotatable bonds is 4. The molecule has 0 heterocycles. The molecule has 0 aromatic carbocycles. The average Bonchev–Trinajstić information content (AvgIpc) is 1.97. The third-order valence-corrected chi connectivity index (χ3v) is 2.03. The first-order valence-electron chi connectivity index (χ1n) is 5.40. The maximum absolute atomic E-state index is 11.7. The third-order valence-electron chi connectivity index (χ3n) is 1.71. The predicted molar refractivity (Wildman–Crippen MR) is 68.9 cm³/mol. The van der Waals surface area contributed by atoms with Gasteiger partial charge in [0.25, 0.3) is 0 Å². The average molecular weight is 295 g/mol. The van der Waals surface area contributed by atoms with Crippen LogP contribution < -0.4 is 0 Å². The molecule has 0 amide bonds. The molecule has 3 nitrogen and oxygen atoms in total. The van der Waals surface area contributed by atoms with Gasteiger partial charge in [-0.15, -0.1) is 0 Å². The summed E-state index contributed by atoms with van der Waals surface area (Å²) in [5.41, 5.74) is -0.844. The fourth-order valence-electron chi connectivity index (χ4n) is 0.792. The van der Waals surface area contributed by atoms with Crippen molar-refractivity contribution in [2.45, 2.75) is 64.0 Å². The molecule has 0 saturated carbocycles. The van der Waals surface area contributed by atoms with Crippen LogP contribution in [0.2, 0.25) is 0 Å². The van der Waals surface area contributed by atoms with Crippen molar-refractivity contribution in [1.82, 2.24) is 0 Å². The molecule has 0 aromatic heterocycles. The van der Waals surface area contributed by atoms with Gasteiger partial charge in [-0.3, -0.25) is 4.79 Å². The minimum Gasteiger partial charge on any atom is -0.456 e. The molecule has 0 rings (SSSR count). The van der Waals surface area contributed by atoms with Crippen LogP contribution in [0, 0.1) is 0 Å². The van der Waals surface area contributed by atoms with Crippen molar-refractivity contribution < 1.29 is 14.3 Å². The fraction of sp³-hybridized carbons (Fsp3) is 0.917. The van der Waals surface area contributed by atoms with E-state index in [1.54, 1.807) is 13.8 Å². The molecule has 0 bridgehead atoms. The molecule has 4 heteroatoms. The summed E-state index contributed by atoms with van der Waals surface area (Å²) in [6.45, 7) is 13.5. The van der Waals surface area contributed by atoms with Gasteiger partial charge in [0.1, 0.15) is 9.93 Å². The highest BCUT2D eigenvalue weighted by Gasteiger charge is 2.33. The molecule has 16 heavy (non-hydrogen) atoms. The lowest BCUT2D eigenvalue weighted by Crippen LogP contribution is -2.41. The van der Waals surface area contributed by atoms with E-state index in [2.05, 4.69) is 15.9 Å². The van der Waals surface area contributed by atoms with E-state index in [4.69, 9.17) is 9.47 Å². The van der Waals surface area contributed by atoms with Gasteiger partial charge in [-0.1, -0.05) is 15.9 Å². The van der Waals surface area contributed by atoms with Crippen LogP contribution in [0.4, 0.5) is 0 Å². The zero-order chi connectivity index (χ0) is 13.2. The van der Waals surface area contributed by atoms with Crippen molar-refractivity contribution in [3.8, 4) is 0 Å². The summed E-state index contributed by atoms with van der Waals surface area (Å²) in [7, 11) is 0. The van der Waals surface area contributed by atoms with Crippen molar-refractivity contribution >= 4 is 21.9 Å². The number of halogens is 1. The van der Waals surface area contributed by atoms with Gasteiger partial charge in [-0.25, -0.2) is 0 Å². The Bertz CT molecular complexity index is 246. The summed E-state index contributed by atoms with van der Waals surface area (Å²) < 4.78 is 10.3. The topological polar surface area (TPSA) is 35.5 Å². The summed E-state index contributed by atoms with van der Waals surface area (Å²) in [5, 5.41) is 0. The molecule has 0 aromatic rings. The number of carbonyl (C=O) groups is 1. The normalized spacial score (nSPS) is 13.8. The van der Waals surface area contributed by atoms with Crippen LogP contribution >= 0.6 is 15.9 Å². The van der Waals surface area contributed by atoms with Gasteiger partial charge in [-0.05, 0) is 48.5 Å². The van der Waals surface area contributed by atoms with Crippen LogP contribution in [0.3, 0.4) is 0 Å². The van der Waals surface area contributed by atoms with Crippen molar-refractivity contribution in [2.75, 3.05) is 6.61 Å². The van der Waals surface area contributed by atoms with E-state index in [0.717, 1.165) is 0 Å². The summed E-state index contributed by atoms with van der Waals surface area (Å²) >= 11 is 3.27. The molecule has 0 aliphatic heterocycles. The van der Waals surface area contributed by atoms with E-state index >= 15 is 0 Å². The Labute approximate surface area is 107 Å². The number of ether oxygens (including phenoxy) is 2. The van der Waals surface area contributed by atoms with Crippen LogP contribution in [0.15, 0.2) is 0 Å². The van der Waals surface area contributed by atoms with Gasteiger partial charge in [0.15, 0.2) is 0 Å². The molecule has 0 fully saturated rings. The highest BCUT2D eigenvalue weighted by atomic mass is 79.9. The van der Waals surface area contributed by atoms with Crippen molar-refractivity contribution in [3.63, 3.8) is 0 Å². The fourth-order valence-corrected chi connectivity index (χ4v) is 0.873. The van der Waals surface area contributed by atoms with Crippen LogP contribution in [-0.4, -0.2) is 28.1 Å². The van der Waals surface area contributed by atoms with Crippen LogP contribution in [0.25, 0.3) is 0 Å². The standard InChI is InChI=1S/C12H23BrO3/c1-10(2,3)15-8-11(4,5)16-9(14)12(6,7)13/h8H2,1-7H3. The Morgan fingerprint density at radius 2 is 1.50 bits per heavy atom. The summed E-state index contributed by atoms with van der Waals surface area (Å²) in [6, 6.07) is 0. The second-order valence-electron chi connectivity index (χ2n) is 6.02. The van der Waals surface area contributed by atoms with Crippen molar-refractivity contribution in [2.24, 2.45) is 0 Å². The molecular weight excluding hydrogens is 272 g/mol. The Kier molecular flexibility index (Phi) is 5.02. The molecule has 0 N–H and O–H groups in total. The Morgan fingerprint density at radius 1 is 1.06 bits per heavy atom. The van der Waals surface area contributed by atoms with Gasteiger partial charge in [-0.2, -0.15) is 0 Å². The van der Waals surface area contributed by atoms with Gasteiger partial charge >= 0.3 is 5.97 Å². The largest absolute Gasteiger partial charge is 0.456 e. The summed E-state index contributed by atoms with van der Waals surface area (Å²) in [4.78, 5) is 11.7. The molecule has 0 atom stereocenters. The maximum atomic E-state index is 11.7. The molecule has 0 unspecified atom stereocenters. The number of esters is 1. The zero-order valence-corrected chi connectivity index (χ0v) is 12.9. The summed E-state index contributed by atoms with van der Waals surface area (Å²) in [5.74, 6) is -0.282. The molecule has 0 aliphatic carbocycles. The lowest BCUT2D eigenvalue weighted by molar-refractivity contribution is -0.169. The van der Waals surface area contributed by atoms with E-state index in [1.165, 1.54) is 0 Å².